The zero-order valence-electron chi connectivity index (χ0n) is 13.8. The van der Waals surface area contributed by atoms with E-state index in [0.717, 1.165) is 5.56 Å². The Morgan fingerprint density at radius 2 is 1.60 bits per heavy atom. The number of aryl methyl sites for hydroxylation is 2. The van der Waals surface area contributed by atoms with Crippen molar-refractivity contribution in [3.63, 3.8) is 0 Å². The molecule has 3 aromatic rings. The van der Waals surface area contributed by atoms with Gasteiger partial charge in [-0.05, 0) is 49.7 Å². The van der Waals surface area contributed by atoms with Crippen molar-refractivity contribution in [1.82, 2.24) is 15.8 Å². The quantitative estimate of drug-likeness (QED) is 0.706. The average Bonchev–Trinajstić information content (AvgIpc) is 2.59. The molecule has 25 heavy (non-hydrogen) atoms. The van der Waals surface area contributed by atoms with Gasteiger partial charge in [0.25, 0.3) is 11.8 Å². The molecule has 0 radical (unpaired) electrons. The lowest BCUT2D eigenvalue weighted by molar-refractivity contribution is 0.0845. The van der Waals surface area contributed by atoms with E-state index in [1.54, 1.807) is 31.2 Å². The number of nitrogens with zero attached hydrogens (tertiary/aromatic N) is 1. The highest BCUT2D eigenvalue weighted by atomic mass is 19.1. The Morgan fingerprint density at radius 1 is 0.920 bits per heavy atom. The van der Waals surface area contributed by atoms with E-state index < -0.39 is 17.6 Å². The fourth-order valence-electron chi connectivity index (χ4n) is 2.55. The second-order valence-corrected chi connectivity index (χ2v) is 5.68. The predicted molar refractivity (Wildman–Crippen MR) is 92.5 cm³/mol. The maximum atomic E-state index is 13.4. The minimum Gasteiger partial charge on any atom is -0.267 e. The molecule has 0 atom stereocenters. The molecule has 0 bridgehead atoms. The third kappa shape index (κ3) is 3.47. The number of fused-ring (bicyclic) bond motifs is 1. The second kappa shape index (κ2) is 6.68. The summed E-state index contributed by atoms with van der Waals surface area (Å²) in [7, 11) is 0. The molecule has 0 fully saturated rings. The molecule has 1 aromatic heterocycles. The lowest BCUT2D eigenvalue weighted by atomic mass is 10.1. The summed E-state index contributed by atoms with van der Waals surface area (Å²) in [5, 5.41) is 0.515. The van der Waals surface area contributed by atoms with Crippen LogP contribution in [0.15, 0.2) is 48.5 Å². The van der Waals surface area contributed by atoms with Gasteiger partial charge in [0.2, 0.25) is 0 Å². The lowest BCUT2D eigenvalue weighted by Crippen LogP contribution is -2.42. The molecule has 0 aliphatic carbocycles. The first-order valence-corrected chi connectivity index (χ1v) is 7.69. The fourth-order valence-corrected chi connectivity index (χ4v) is 2.55. The van der Waals surface area contributed by atoms with Crippen molar-refractivity contribution in [2.45, 2.75) is 13.8 Å². The van der Waals surface area contributed by atoms with E-state index in [1.807, 2.05) is 19.1 Å². The van der Waals surface area contributed by atoms with Crippen molar-refractivity contribution >= 4 is 22.7 Å². The Morgan fingerprint density at radius 3 is 2.32 bits per heavy atom. The fraction of sp³-hybridized carbons (Fsp3) is 0.105. The van der Waals surface area contributed by atoms with Crippen LogP contribution in [0, 0.1) is 19.7 Å². The Bertz CT molecular complexity index is 986. The molecule has 2 N–H and O–H groups in total. The molecular weight excluding hydrogens is 321 g/mol. The molecule has 0 spiro atoms. The predicted octanol–water partition coefficient (Wildman–Crippen LogP) is 3.07. The first-order valence-electron chi connectivity index (χ1n) is 7.69. The number of carbonyl (C=O) groups is 2. The molecule has 5 nitrogen and oxygen atoms in total. The van der Waals surface area contributed by atoms with Crippen molar-refractivity contribution in [3.05, 3.63) is 76.7 Å². The molecule has 2 aromatic carbocycles. The van der Waals surface area contributed by atoms with Gasteiger partial charge in [-0.1, -0.05) is 18.2 Å². The number of aromatic nitrogens is 1. The van der Waals surface area contributed by atoms with Crippen LogP contribution in [0.3, 0.4) is 0 Å². The number of benzene rings is 2. The highest BCUT2D eigenvalue weighted by Crippen LogP contribution is 2.17. The maximum absolute atomic E-state index is 13.4. The number of carbonyl (C=O) groups excluding carboxylic acids is 2. The minimum absolute atomic E-state index is 0.267. The monoisotopic (exact) mass is 337 g/mol. The van der Waals surface area contributed by atoms with E-state index in [0.29, 0.717) is 22.2 Å². The number of hydrogen-bond donors (Lipinski definition) is 2. The molecule has 0 saturated carbocycles. The van der Waals surface area contributed by atoms with Crippen molar-refractivity contribution in [1.29, 1.82) is 0 Å². The summed E-state index contributed by atoms with van der Waals surface area (Å²) in [4.78, 5) is 28.8. The van der Waals surface area contributed by atoms with Crippen LogP contribution in [0.4, 0.5) is 4.39 Å². The van der Waals surface area contributed by atoms with Crippen molar-refractivity contribution in [2.24, 2.45) is 0 Å². The number of nitrogens with one attached hydrogen (secondary N) is 2. The van der Waals surface area contributed by atoms with Gasteiger partial charge in [-0.3, -0.25) is 25.4 Å². The number of halogens is 1. The average molecular weight is 337 g/mol. The van der Waals surface area contributed by atoms with E-state index >= 15 is 0 Å². The van der Waals surface area contributed by atoms with Gasteiger partial charge in [-0.15, -0.1) is 0 Å². The molecule has 0 unspecified atom stereocenters. The second-order valence-electron chi connectivity index (χ2n) is 5.68. The summed E-state index contributed by atoms with van der Waals surface area (Å²) in [6.45, 7) is 3.49. The van der Waals surface area contributed by atoms with Crippen molar-refractivity contribution < 1.29 is 14.0 Å². The third-order valence-electron chi connectivity index (χ3n) is 3.89. The van der Waals surface area contributed by atoms with Gasteiger partial charge in [-0.25, -0.2) is 4.39 Å². The van der Waals surface area contributed by atoms with Gasteiger partial charge in [0.1, 0.15) is 5.82 Å². The van der Waals surface area contributed by atoms with Crippen LogP contribution in [-0.4, -0.2) is 16.8 Å². The van der Waals surface area contributed by atoms with Crippen molar-refractivity contribution in [2.75, 3.05) is 0 Å². The van der Waals surface area contributed by atoms with E-state index in [4.69, 9.17) is 0 Å². The highest BCUT2D eigenvalue weighted by molar-refractivity contribution is 6.01. The Balaban J connectivity index is 1.79. The summed E-state index contributed by atoms with van der Waals surface area (Å²) < 4.78 is 13.4. The molecule has 0 aliphatic heterocycles. The minimum atomic E-state index is -0.516. The lowest BCUT2D eigenvalue weighted by Gasteiger charge is -2.11. The zero-order valence-corrected chi connectivity index (χ0v) is 13.8. The standard InChI is InChI=1S/C19H16FN3O2/c1-11-5-3-4-6-15(11)18(24)22-23-19(25)16-10-13-9-14(20)7-8-17(13)21-12(16)2/h3-10H,1-2H3,(H,22,24)(H,23,25). The van der Waals surface area contributed by atoms with E-state index in [-0.39, 0.29) is 5.56 Å². The Hall–Kier alpha value is -3.28. The molecule has 3 rings (SSSR count). The zero-order chi connectivity index (χ0) is 18.0. The molecule has 0 aliphatic rings. The van der Waals surface area contributed by atoms with Gasteiger partial charge < -0.3 is 0 Å². The number of hydrogen-bond acceptors (Lipinski definition) is 3. The first kappa shape index (κ1) is 16.6. The molecule has 126 valence electrons. The summed E-state index contributed by atoms with van der Waals surface area (Å²) >= 11 is 0. The number of amides is 2. The van der Waals surface area contributed by atoms with Crippen molar-refractivity contribution in [3.8, 4) is 0 Å². The summed E-state index contributed by atoms with van der Waals surface area (Å²) in [5.41, 5.74) is 7.38. The Kier molecular flexibility index (Phi) is 4.43. The van der Waals surface area contributed by atoms with E-state index in [1.165, 1.54) is 12.1 Å². The van der Waals surface area contributed by atoms with Gasteiger partial charge >= 0.3 is 0 Å². The van der Waals surface area contributed by atoms with E-state index in [9.17, 15) is 14.0 Å². The molecule has 6 heteroatoms. The summed E-state index contributed by atoms with van der Waals surface area (Å²) in [5.74, 6) is -1.33. The smallest absolute Gasteiger partial charge is 0.267 e. The SMILES string of the molecule is Cc1ccccc1C(=O)NNC(=O)c1cc2cc(F)ccc2nc1C. The van der Waals surface area contributed by atoms with Gasteiger partial charge in [0.05, 0.1) is 16.8 Å². The van der Waals surface area contributed by atoms with Crippen LogP contribution >= 0.6 is 0 Å². The number of hydrazine groups is 1. The van der Waals surface area contributed by atoms with Crippen LogP contribution in [-0.2, 0) is 0 Å². The number of rotatable bonds is 2. The normalized spacial score (nSPS) is 10.5. The van der Waals surface area contributed by atoms with Crippen LogP contribution < -0.4 is 10.9 Å². The van der Waals surface area contributed by atoms with Crippen LogP contribution in [0.1, 0.15) is 32.0 Å². The first-order chi connectivity index (χ1) is 12.0. The van der Waals surface area contributed by atoms with Crippen LogP contribution in [0.25, 0.3) is 10.9 Å². The molecule has 2 amide bonds. The topological polar surface area (TPSA) is 71.1 Å². The maximum Gasteiger partial charge on any atom is 0.271 e. The van der Waals surface area contributed by atoms with E-state index in [2.05, 4.69) is 15.8 Å². The summed E-state index contributed by atoms with van der Waals surface area (Å²) in [6, 6.07) is 12.8. The largest absolute Gasteiger partial charge is 0.271 e. The van der Waals surface area contributed by atoms with Crippen LogP contribution in [0.2, 0.25) is 0 Å². The Labute approximate surface area is 143 Å². The molecular formula is C19H16FN3O2. The number of pyridine rings is 1. The van der Waals surface area contributed by atoms with Gasteiger partial charge in [-0.2, -0.15) is 0 Å². The highest BCUT2D eigenvalue weighted by Gasteiger charge is 2.14. The molecule has 1 heterocycles. The summed E-state index contributed by atoms with van der Waals surface area (Å²) in [6.07, 6.45) is 0. The van der Waals surface area contributed by atoms with Crippen LogP contribution in [0.5, 0.6) is 0 Å². The van der Waals surface area contributed by atoms with Gasteiger partial charge in [0, 0.05) is 10.9 Å². The van der Waals surface area contributed by atoms with Gasteiger partial charge in [0.15, 0.2) is 0 Å². The molecule has 0 saturated heterocycles. The third-order valence-corrected chi connectivity index (χ3v) is 3.89.